The van der Waals surface area contributed by atoms with Gasteiger partial charge in [-0.3, -0.25) is 0 Å². The molecule has 2 heteroatoms. The third-order valence-corrected chi connectivity index (χ3v) is 6.41. The number of hydrogen-bond acceptors (Lipinski definition) is 2. The molecular weight excluding hydrogens is 352 g/mol. The Bertz CT molecular complexity index is 853. The molecule has 0 N–H and O–H groups in total. The van der Waals surface area contributed by atoms with Crippen LogP contribution in [0.5, 0.6) is 0 Å². The van der Waals surface area contributed by atoms with E-state index in [0.29, 0.717) is 0 Å². The molecule has 2 aromatic carbocycles. The van der Waals surface area contributed by atoms with Crippen LogP contribution in [0.2, 0.25) is 0 Å². The minimum Gasteiger partial charge on any atom is -0.151 e. The van der Waals surface area contributed by atoms with Crippen LogP contribution >= 0.6 is 22.7 Å². The fourth-order valence-corrected chi connectivity index (χ4v) is 5.14. The van der Waals surface area contributed by atoms with Gasteiger partial charge in [-0.2, -0.15) is 22.7 Å². The first-order valence-electron chi connectivity index (χ1n) is 9.08. The first-order chi connectivity index (χ1) is 12.9. The van der Waals surface area contributed by atoms with Gasteiger partial charge in [0.05, 0.1) is 0 Å². The van der Waals surface area contributed by atoms with Crippen LogP contribution in [0, 0.1) is 0 Å². The van der Waals surface area contributed by atoms with Crippen molar-refractivity contribution in [1.29, 1.82) is 0 Å². The zero-order chi connectivity index (χ0) is 17.6. The molecule has 4 aromatic rings. The number of rotatable bonds is 7. The van der Waals surface area contributed by atoms with Crippen LogP contribution < -0.4 is 0 Å². The standard InChI is InChI=1S/C24H22S2/c1-3-7-19(8-4-1)11-13-21-15-25-17-23(21)24-18-26-16-22(24)14-12-20-9-5-2-6-10-20/h1-10,15-18H,11-14H2. The molecule has 0 saturated heterocycles. The molecule has 0 fully saturated rings. The van der Waals surface area contributed by atoms with Crippen molar-refractivity contribution in [2.45, 2.75) is 25.7 Å². The number of hydrogen-bond donors (Lipinski definition) is 0. The van der Waals surface area contributed by atoms with Crippen LogP contribution in [-0.4, -0.2) is 0 Å². The molecule has 4 rings (SSSR count). The number of aryl methyl sites for hydroxylation is 4. The van der Waals surface area contributed by atoms with Crippen molar-refractivity contribution in [3.05, 3.63) is 104 Å². The second-order valence-electron chi connectivity index (χ2n) is 6.59. The van der Waals surface area contributed by atoms with E-state index in [9.17, 15) is 0 Å². The summed E-state index contributed by atoms with van der Waals surface area (Å²) in [6.45, 7) is 0. The quantitative estimate of drug-likeness (QED) is 0.325. The molecule has 2 aromatic heterocycles. The maximum absolute atomic E-state index is 2.33. The molecule has 0 aliphatic heterocycles. The lowest BCUT2D eigenvalue weighted by atomic mass is 9.96. The Morgan fingerprint density at radius 2 is 0.885 bits per heavy atom. The van der Waals surface area contributed by atoms with E-state index in [2.05, 4.69) is 82.2 Å². The molecule has 0 aliphatic carbocycles. The lowest BCUT2D eigenvalue weighted by Gasteiger charge is -2.07. The van der Waals surface area contributed by atoms with Crippen molar-refractivity contribution < 1.29 is 0 Å². The van der Waals surface area contributed by atoms with Crippen molar-refractivity contribution in [3.63, 3.8) is 0 Å². The van der Waals surface area contributed by atoms with Gasteiger partial charge in [-0.05, 0) is 80.6 Å². The van der Waals surface area contributed by atoms with Gasteiger partial charge in [0.2, 0.25) is 0 Å². The largest absolute Gasteiger partial charge is 0.151 e. The van der Waals surface area contributed by atoms with Crippen molar-refractivity contribution >= 4 is 22.7 Å². The van der Waals surface area contributed by atoms with Crippen LogP contribution in [0.15, 0.2) is 82.2 Å². The summed E-state index contributed by atoms with van der Waals surface area (Å²) in [6, 6.07) is 21.6. The first-order valence-corrected chi connectivity index (χ1v) is 11.0. The van der Waals surface area contributed by atoms with E-state index < -0.39 is 0 Å². The molecule has 0 unspecified atom stereocenters. The topological polar surface area (TPSA) is 0 Å². The molecule has 2 heterocycles. The minimum absolute atomic E-state index is 1.11. The Morgan fingerprint density at radius 1 is 0.462 bits per heavy atom. The van der Waals surface area contributed by atoms with Gasteiger partial charge in [-0.25, -0.2) is 0 Å². The Kier molecular flexibility index (Phi) is 5.63. The number of thiophene rings is 2. The summed E-state index contributed by atoms with van der Waals surface area (Å²) < 4.78 is 0. The monoisotopic (exact) mass is 374 g/mol. The summed E-state index contributed by atoms with van der Waals surface area (Å²) in [5, 5.41) is 9.32. The lowest BCUT2D eigenvalue weighted by Crippen LogP contribution is -1.94. The van der Waals surface area contributed by atoms with Gasteiger partial charge >= 0.3 is 0 Å². The van der Waals surface area contributed by atoms with E-state index in [-0.39, 0.29) is 0 Å². The molecule has 0 aliphatic rings. The molecule has 0 nitrogen and oxygen atoms in total. The fraction of sp³-hybridized carbons (Fsp3) is 0.167. The van der Waals surface area contributed by atoms with Crippen LogP contribution in [0.1, 0.15) is 22.3 Å². The average molecular weight is 375 g/mol. The molecule has 0 radical (unpaired) electrons. The molecule has 26 heavy (non-hydrogen) atoms. The third-order valence-electron chi connectivity index (χ3n) is 4.83. The summed E-state index contributed by atoms with van der Waals surface area (Å²) >= 11 is 3.65. The van der Waals surface area contributed by atoms with Gasteiger partial charge in [0.15, 0.2) is 0 Å². The predicted octanol–water partition coefficient (Wildman–Crippen LogP) is 7.05. The van der Waals surface area contributed by atoms with Crippen molar-refractivity contribution in [2.24, 2.45) is 0 Å². The van der Waals surface area contributed by atoms with Crippen LogP contribution in [-0.2, 0) is 25.7 Å². The molecule has 0 bridgehead atoms. The van der Waals surface area contributed by atoms with Crippen LogP contribution in [0.4, 0.5) is 0 Å². The summed E-state index contributed by atoms with van der Waals surface area (Å²) in [5.41, 5.74) is 8.68. The Balaban J connectivity index is 1.48. The van der Waals surface area contributed by atoms with Crippen LogP contribution in [0.3, 0.4) is 0 Å². The van der Waals surface area contributed by atoms with Gasteiger partial charge in [-0.15, -0.1) is 0 Å². The molecule has 130 valence electrons. The number of benzene rings is 2. The lowest BCUT2D eigenvalue weighted by molar-refractivity contribution is 0.958. The Morgan fingerprint density at radius 3 is 1.31 bits per heavy atom. The summed E-state index contributed by atoms with van der Waals surface area (Å²) in [4.78, 5) is 0. The Hall–Kier alpha value is -2.16. The second kappa shape index (κ2) is 8.48. The predicted molar refractivity (Wildman–Crippen MR) is 115 cm³/mol. The van der Waals surface area contributed by atoms with E-state index in [1.807, 2.05) is 22.7 Å². The normalized spacial score (nSPS) is 10.9. The highest BCUT2D eigenvalue weighted by Gasteiger charge is 2.12. The Labute approximate surface area is 163 Å². The van der Waals surface area contributed by atoms with Crippen molar-refractivity contribution in [3.8, 4) is 11.1 Å². The molecule has 0 amide bonds. The molecule has 0 saturated carbocycles. The van der Waals surface area contributed by atoms with E-state index in [4.69, 9.17) is 0 Å². The van der Waals surface area contributed by atoms with Crippen molar-refractivity contribution in [1.82, 2.24) is 0 Å². The van der Waals surface area contributed by atoms with Gasteiger partial charge in [0.1, 0.15) is 0 Å². The highest BCUT2D eigenvalue weighted by molar-refractivity contribution is 7.09. The average Bonchev–Trinajstić information content (AvgIpc) is 3.35. The van der Waals surface area contributed by atoms with E-state index >= 15 is 0 Å². The maximum atomic E-state index is 2.33. The van der Waals surface area contributed by atoms with Gasteiger partial charge in [-0.1, -0.05) is 60.7 Å². The zero-order valence-corrected chi connectivity index (χ0v) is 16.4. The summed E-state index contributed by atoms with van der Waals surface area (Å²) in [7, 11) is 0. The smallest absolute Gasteiger partial charge is 0.00115 e. The summed E-state index contributed by atoms with van der Waals surface area (Å²) in [6.07, 6.45) is 4.43. The minimum atomic E-state index is 1.11. The molecular formula is C24H22S2. The van der Waals surface area contributed by atoms with E-state index in [0.717, 1.165) is 25.7 Å². The first kappa shape index (κ1) is 17.3. The summed E-state index contributed by atoms with van der Waals surface area (Å²) in [5.74, 6) is 0. The van der Waals surface area contributed by atoms with E-state index in [1.165, 1.54) is 33.4 Å². The fourth-order valence-electron chi connectivity index (χ4n) is 3.35. The van der Waals surface area contributed by atoms with Crippen molar-refractivity contribution in [2.75, 3.05) is 0 Å². The molecule has 0 spiro atoms. The second-order valence-corrected chi connectivity index (χ2v) is 8.08. The maximum Gasteiger partial charge on any atom is -0.00115 e. The SMILES string of the molecule is c1ccc(CCc2cscc2-c2cscc2CCc2ccccc2)cc1. The highest BCUT2D eigenvalue weighted by atomic mass is 32.1. The molecule has 0 atom stereocenters. The van der Waals surface area contributed by atoms with E-state index in [1.54, 1.807) is 0 Å². The van der Waals surface area contributed by atoms with Gasteiger partial charge < -0.3 is 0 Å². The zero-order valence-electron chi connectivity index (χ0n) is 14.7. The van der Waals surface area contributed by atoms with Crippen LogP contribution in [0.25, 0.3) is 11.1 Å². The van der Waals surface area contributed by atoms with Gasteiger partial charge in [0.25, 0.3) is 0 Å². The highest BCUT2D eigenvalue weighted by Crippen LogP contribution is 2.34. The van der Waals surface area contributed by atoms with Gasteiger partial charge in [0, 0.05) is 0 Å². The third kappa shape index (κ3) is 4.14.